The van der Waals surface area contributed by atoms with Crippen molar-refractivity contribution in [3.63, 3.8) is 0 Å². The summed E-state index contributed by atoms with van der Waals surface area (Å²) in [4.78, 5) is 9.49. The van der Waals surface area contributed by atoms with Crippen molar-refractivity contribution in [3.05, 3.63) is 84.8 Å². The van der Waals surface area contributed by atoms with Crippen LogP contribution in [-0.4, -0.2) is 53.8 Å². The Hall–Kier alpha value is -3.09. The van der Waals surface area contributed by atoms with Crippen LogP contribution in [0, 0.1) is 0 Å². The summed E-state index contributed by atoms with van der Waals surface area (Å²) in [5.74, 6) is 0.927. The molecule has 0 saturated carbocycles. The van der Waals surface area contributed by atoms with E-state index in [2.05, 4.69) is 92.9 Å². The van der Waals surface area contributed by atoms with Gasteiger partial charge >= 0.3 is 0 Å². The van der Waals surface area contributed by atoms with E-state index in [1.165, 1.54) is 12.0 Å². The minimum Gasteiger partial charge on any atom is -0.380 e. The number of anilines is 1. The Bertz CT molecular complexity index is 1130. The number of benzene rings is 2. The third-order valence-electron chi connectivity index (χ3n) is 7.08. The van der Waals surface area contributed by atoms with Crippen molar-refractivity contribution in [3.8, 4) is 0 Å². The Morgan fingerprint density at radius 1 is 1.00 bits per heavy atom. The van der Waals surface area contributed by atoms with Gasteiger partial charge in [-0.15, -0.1) is 0 Å². The van der Waals surface area contributed by atoms with Crippen molar-refractivity contribution in [2.45, 2.75) is 31.7 Å². The van der Waals surface area contributed by atoms with Gasteiger partial charge in [-0.2, -0.15) is 0 Å². The number of para-hydroxylation sites is 2. The van der Waals surface area contributed by atoms with Crippen molar-refractivity contribution >= 4 is 17.0 Å². The van der Waals surface area contributed by atoms with E-state index < -0.39 is 0 Å². The van der Waals surface area contributed by atoms with Gasteiger partial charge in [-0.3, -0.25) is 4.90 Å². The van der Waals surface area contributed by atoms with Crippen LogP contribution >= 0.6 is 0 Å². The SMILES string of the molecule is CCOCCn1c(N2C=CCN(CCC3(c4ccccc4)CCNC3)C=C2)nc2ccccc21. The van der Waals surface area contributed by atoms with Crippen LogP contribution in [0.1, 0.15) is 25.3 Å². The van der Waals surface area contributed by atoms with Gasteiger partial charge in [0.1, 0.15) is 0 Å². The van der Waals surface area contributed by atoms with Gasteiger partial charge in [0.2, 0.25) is 5.95 Å². The normalized spacial score (nSPS) is 20.4. The van der Waals surface area contributed by atoms with Crippen molar-refractivity contribution < 1.29 is 4.74 Å². The summed E-state index contributed by atoms with van der Waals surface area (Å²) in [7, 11) is 0. The molecule has 2 aliphatic rings. The maximum atomic E-state index is 5.65. The second-order valence-corrected chi connectivity index (χ2v) is 9.16. The molecule has 0 spiro atoms. The fourth-order valence-corrected chi connectivity index (χ4v) is 5.15. The fourth-order valence-electron chi connectivity index (χ4n) is 5.15. The largest absolute Gasteiger partial charge is 0.380 e. The molecule has 1 unspecified atom stereocenters. The van der Waals surface area contributed by atoms with Gasteiger partial charge in [0.15, 0.2) is 0 Å². The summed E-state index contributed by atoms with van der Waals surface area (Å²) < 4.78 is 7.90. The molecule has 0 aliphatic carbocycles. The highest BCUT2D eigenvalue weighted by molar-refractivity contribution is 5.79. The summed E-state index contributed by atoms with van der Waals surface area (Å²) >= 11 is 0. The molecule has 0 radical (unpaired) electrons. The van der Waals surface area contributed by atoms with Gasteiger partial charge in [-0.05, 0) is 50.1 Å². The molecule has 2 aliphatic heterocycles. The smallest absolute Gasteiger partial charge is 0.214 e. The average molecular weight is 458 g/mol. The summed E-state index contributed by atoms with van der Waals surface area (Å²) in [6.07, 6.45) is 11.1. The zero-order chi connectivity index (χ0) is 23.2. The first kappa shape index (κ1) is 22.7. The van der Waals surface area contributed by atoms with Gasteiger partial charge in [0, 0.05) is 56.8 Å². The van der Waals surface area contributed by atoms with E-state index in [-0.39, 0.29) is 5.41 Å². The minimum atomic E-state index is 0.220. The van der Waals surface area contributed by atoms with E-state index in [9.17, 15) is 0 Å². The molecule has 1 saturated heterocycles. The highest BCUT2D eigenvalue weighted by Gasteiger charge is 2.35. The third-order valence-corrected chi connectivity index (χ3v) is 7.08. The molecule has 6 heteroatoms. The Labute approximate surface area is 202 Å². The number of hydrogen-bond acceptors (Lipinski definition) is 5. The second-order valence-electron chi connectivity index (χ2n) is 9.16. The highest BCUT2D eigenvalue weighted by atomic mass is 16.5. The Morgan fingerprint density at radius 3 is 2.68 bits per heavy atom. The van der Waals surface area contributed by atoms with E-state index in [0.29, 0.717) is 6.61 Å². The van der Waals surface area contributed by atoms with Crippen LogP contribution in [0.3, 0.4) is 0 Å². The maximum absolute atomic E-state index is 5.65. The minimum absolute atomic E-state index is 0.220. The van der Waals surface area contributed by atoms with Gasteiger partial charge in [-0.25, -0.2) is 4.98 Å². The number of ether oxygens (including phenoxy) is 1. The quantitative estimate of drug-likeness (QED) is 0.480. The first-order chi connectivity index (χ1) is 16.8. The Kier molecular flexibility index (Phi) is 6.97. The van der Waals surface area contributed by atoms with E-state index in [0.717, 1.165) is 62.7 Å². The number of nitrogens with one attached hydrogen (secondary N) is 1. The van der Waals surface area contributed by atoms with Crippen molar-refractivity contribution in [1.82, 2.24) is 19.8 Å². The van der Waals surface area contributed by atoms with Crippen LogP contribution in [0.5, 0.6) is 0 Å². The lowest BCUT2D eigenvalue weighted by molar-refractivity contribution is 0.140. The number of fused-ring (bicyclic) bond motifs is 1. The molecular weight excluding hydrogens is 422 g/mol. The molecule has 3 heterocycles. The average Bonchev–Trinajstić information content (AvgIpc) is 3.43. The molecule has 1 N–H and O–H groups in total. The number of aromatic nitrogens is 2. The third kappa shape index (κ3) is 4.74. The molecule has 3 aromatic rings. The van der Waals surface area contributed by atoms with Crippen molar-refractivity contribution in [1.29, 1.82) is 0 Å². The summed E-state index contributed by atoms with van der Waals surface area (Å²) in [5, 5.41) is 3.60. The number of hydrogen-bond donors (Lipinski definition) is 1. The predicted molar refractivity (Wildman–Crippen MR) is 139 cm³/mol. The molecular formula is C28H35N5O. The van der Waals surface area contributed by atoms with Crippen molar-refractivity contribution in [2.75, 3.05) is 44.3 Å². The Balaban J connectivity index is 1.32. The van der Waals surface area contributed by atoms with E-state index in [1.807, 2.05) is 13.0 Å². The van der Waals surface area contributed by atoms with Crippen LogP contribution in [0.25, 0.3) is 11.0 Å². The molecule has 1 fully saturated rings. The molecule has 5 rings (SSSR count). The summed E-state index contributed by atoms with van der Waals surface area (Å²) in [6, 6.07) is 19.3. The van der Waals surface area contributed by atoms with Crippen LogP contribution in [-0.2, 0) is 16.7 Å². The molecule has 178 valence electrons. The van der Waals surface area contributed by atoms with E-state index in [1.54, 1.807) is 0 Å². The molecule has 0 bridgehead atoms. The van der Waals surface area contributed by atoms with Crippen molar-refractivity contribution in [2.24, 2.45) is 0 Å². The standard InChI is InChI=1S/C28H35N5O/c1-2-34-22-21-33-26-12-7-6-11-25(26)30-27(33)32-17-8-16-31(19-20-32)18-14-28(13-15-29-23-28)24-9-4-3-5-10-24/h3-12,17,19-20,29H,2,13-16,18,21-23H2,1H3. The number of rotatable bonds is 9. The second kappa shape index (κ2) is 10.5. The lowest BCUT2D eigenvalue weighted by atomic mass is 9.77. The molecule has 0 amide bonds. The highest BCUT2D eigenvalue weighted by Crippen LogP contribution is 2.34. The van der Waals surface area contributed by atoms with Gasteiger partial charge < -0.3 is 19.5 Å². The van der Waals surface area contributed by atoms with Crippen LogP contribution < -0.4 is 10.2 Å². The molecule has 6 nitrogen and oxygen atoms in total. The zero-order valence-corrected chi connectivity index (χ0v) is 20.1. The molecule has 2 aromatic carbocycles. The fraction of sp³-hybridized carbons (Fsp3) is 0.393. The zero-order valence-electron chi connectivity index (χ0n) is 20.1. The first-order valence-electron chi connectivity index (χ1n) is 12.5. The first-order valence-corrected chi connectivity index (χ1v) is 12.5. The van der Waals surface area contributed by atoms with Gasteiger partial charge in [0.05, 0.1) is 17.6 Å². The van der Waals surface area contributed by atoms with Crippen LogP contribution in [0.4, 0.5) is 5.95 Å². The van der Waals surface area contributed by atoms with Crippen LogP contribution in [0.2, 0.25) is 0 Å². The summed E-state index contributed by atoms with van der Waals surface area (Å²) in [6.45, 7) is 8.27. The predicted octanol–water partition coefficient (Wildman–Crippen LogP) is 4.50. The monoisotopic (exact) mass is 457 g/mol. The number of imidazole rings is 1. The van der Waals surface area contributed by atoms with Gasteiger partial charge in [0.25, 0.3) is 0 Å². The topological polar surface area (TPSA) is 45.6 Å². The molecule has 1 atom stereocenters. The Morgan fingerprint density at radius 2 is 1.85 bits per heavy atom. The molecule has 1 aromatic heterocycles. The lowest BCUT2D eigenvalue weighted by Crippen LogP contribution is -2.33. The summed E-state index contributed by atoms with van der Waals surface area (Å²) in [5.41, 5.74) is 3.82. The van der Waals surface area contributed by atoms with E-state index >= 15 is 0 Å². The number of nitrogens with zero attached hydrogens (tertiary/aromatic N) is 4. The van der Waals surface area contributed by atoms with Gasteiger partial charge in [-0.1, -0.05) is 42.5 Å². The molecule has 34 heavy (non-hydrogen) atoms. The van der Waals surface area contributed by atoms with Crippen LogP contribution in [0.15, 0.2) is 79.3 Å². The maximum Gasteiger partial charge on any atom is 0.214 e. The lowest BCUT2D eigenvalue weighted by Gasteiger charge is -2.31. The van der Waals surface area contributed by atoms with E-state index in [4.69, 9.17) is 9.72 Å².